The average Bonchev–Trinajstić information content (AvgIpc) is 3.53. The molecule has 1 fully saturated rings. The van der Waals surface area contributed by atoms with Crippen molar-refractivity contribution in [2.45, 2.75) is 32.0 Å². The topological polar surface area (TPSA) is 84.3 Å². The van der Waals surface area contributed by atoms with Crippen molar-refractivity contribution < 1.29 is 9.53 Å². The van der Waals surface area contributed by atoms with Crippen LogP contribution >= 0.6 is 12.2 Å². The van der Waals surface area contributed by atoms with Gasteiger partial charge in [-0.25, -0.2) is 0 Å². The molecule has 0 unspecified atom stereocenters. The molecule has 1 aliphatic rings. The maximum atomic E-state index is 12.0. The van der Waals surface area contributed by atoms with Crippen LogP contribution < -0.4 is 20.3 Å². The van der Waals surface area contributed by atoms with Crippen LogP contribution in [0.1, 0.15) is 42.4 Å². The van der Waals surface area contributed by atoms with E-state index < -0.39 is 0 Å². The Balaban J connectivity index is 1.58. The number of anilines is 2. The summed E-state index contributed by atoms with van der Waals surface area (Å²) >= 11 is 5.88. The van der Waals surface area contributed by atoms with Gasteiger partial charge in [-0.2, -0.15) is 0 Å². The Bertz CT molecular complexity index is 1390. The Morgan fingerprint density at radius 1 is 1.14 bits per heavy atom. The molecule has 4 heterocycles. The molecule has 1 aromatic carbocycles. The van der Waals surface area contributed by atoms with Gasteiger partial charge >= 0.3 is 0 Å². The van der Waals surface area contributed by atoms with Crippen molar-refractivity contribution in [1.82, 2.24) is 19.9 Å². The van der Waals surface area contributed by atoms with E-state index in [1.165, 1.54) is 0 Å². The van der Waals surface area contributed by atoms with Crippen molar-refractivity contribution in [3.05, 3.63) is 102 Å². The van der Waals surface area contributed by atoms with E-state index in [1.54, 1.807) is 19.5 Å². The average molecular weight is 513 g/mol. The quantitative estimate of drug-likeness (QED) is 0.326. The third-order valence-electron chi connectivity index (χ3n) is 6.40. The molecular formula is C28H28N6O2S. The molecule has 0 radical (unpaired) electrons. The predicted molar refractivity (Wildman–Crippen MR) is 148 cm³/mol. The zero-order valence-electron chi connectivity index (χ0n) is 20.7. The van der Waals surface area contributed by atoms with Crippen LogP contribution in [0, 0.1) is 0 Å². The minimum absolute atomic E-state index is 0.0780. The molecule has 2 N–H and O–H groups in total. The number of pyridine rings is 2. The van der Waals surface area contributed by atoms with E-state index in [4.69, 9.17) is 17.0 Å². The number of nitrogens with zero attached hydrogens (tertiary/aromatic N) is 4. The minimum atomic E-state index is -0.185. The lowest BCUT2D eigenvalue weighted by Crippen LogP contribution is -2.30. The summed E-state index contributed by atoms with van der Waals surface area (Å²) in [5.74, 6) is 0.485. The van der Waals surface area contributed by atoms with Gasteiger partial charge in [-0.15, -0.1) is 0 Å². The van der Waals surface area contributed by atoms with Crippen LogP contribution in [0.2, 0.25) is 0 Å². The lowest BCUT2D eigenvalue weighted by atomic mass is 10.0. The van der Waals surface area contributed by atoms with E-state index in [2.05, 4.69) is 48.4 Å². The fourth-order valence-corrected chi connectivity index (χ4v) is 4.98. The molecule has 0 bridgehead atoms. The third-order valence-corrected chi connectivity index (χ3v) is 6.71. The second-order valence-electron chi connectivity index (χ2n) is 8.71. The first-order valence-corrected chi connectivity index (χ1v) is 12.5. The van der Waals surface area contributed by atoms with E-state index in [1.807, 2.05) is 61.7 Å². The molecular weight excluding hydrogens is 484 g/mol. The highest BCUT2D eigenvalue weighted by Gasteiger charge is 2.42. The van der Waals surface area contributed by atoms with Crippen LogP contribution in [0.3, 0.4) is 0 Å². The Kier molecular flexibility index (Phi) is 7.14. The summed E-state index contributed by atoms with van der Waals surface area (Å²) in [5, 5.41) is 6.98. The van der Waals surface area contributed by atoms with E-state index >= 15 is 0 Å². The first kappa shape index (κ1) is 24.5. The van der Waals surface area contributed by atoms with Crippen LogP contribution in [-0.2, 0) is 11.3 Å². The molecule has 0 spiro atoms. The number of carbonyl (C=O) groups is 1. The van der Waals surface area contributed by atoms with E-state index in [0.717, 1.165) is 22.6 Å². The van der Waals surface area contributed by atoms with Crippen LogP contribution in [-0.4, -0.2) is 32.7 Å². The number of rotatable bonds is 8. The van der Waals surface area contributed by atoms with Gasteiger partial charge in [0.15, 0.2) is 5.11 Å². The number of aromatic nitrogens is 3. The number of hydrogen-bond acceptors (Lipinski definition) is 5. The zero-order chi connectivity index (χ0) is 25.8. The van der Waals surface area contributed by atoms with Gasteiger partial charge < -0.3 is 24.8 Å². The highest BCUT2D eigenvalue weighted by molar-refractivity contribution is 7.80. The fourth-order valence-electron chi connectivity index (χ4n) is 4.63. The summed E-state index contributed by atoms with van der Waals surface area (Å²) < 4.78 is 7.85. The number of hydrogen-bond donors (Lipinski definition) is 2. The molecule has 5 rings (SSSR count). The third kappa shape index (κ3) is 5.03. The summed E-state index contributed by atoms with van der Waals surface area (Å²) in [5.41, 5.74) is 4.54. The van der Waals surface area contributed by atoms with Crippen molar-refractivity contribution in [2.75, 3.05) is 17.3 Å². The maximum absolute atomic E-state index is 12.0. The molecule has 4 aromatic rings. The molecule has 3 aromatic heterocycles. The Labute approximate surface area is 221 Å². The molecule has 9 heteroatoms. The van der Waals surface area contributed by atoms with Gasteiger partial charge in [-0.05, 0) is 60.2 Å². The summed E-state index contributed by atoms with van der Waals surface area (Å²) in [6.45, 7) is 2.49. The van der Waals surface area contributed by atoms with Crippen LogP contribution in [0.4, 0.5) is 11.4 Å². The van der Waals surface area contributed by atoms with E-state index in [-0.39, 0.29) is 18.0 Å². The molecule has 8 nitrogen and oxygen atoms in total. The van der Waals surface area contributed by atoms with Crippen molar-refractivity contribution in [3.8, 4) is 5.75 Å². The molecule has 188 valence electrons. The normalized spacial score (nSPS) is 16.9. The number of ether oxygens (including phenoxy) is 1. The van der Waals surface area contributed by atoms with Gasteiger partial charge in [0, 0.05) is 55.2 Å². The molecule has 2 atom stereocenters. The molecule has 0 saturated carbocycles. The first-order chi connectivity index (χ1) is 18.1. The largest absolute Gasteiger partial charge is 0.494 e. The first-order valence-electron chi connectivity index (χ1n) is 12.1. The number of thiocarbonyl (C=S) groups is 1. The van der Waals surface area contributed by atoms with Gasteiger partial charge in [0.25, 0.3) is 0 Å². The smallest absolute Gasteiger partial charge is 0.224 e. The van der Waals surface area contributed by atoms with Gasteiger partial charge in [-0.1, -0.05) is 19.1 Å². The number of amides is 1. The second kappa shape index (κ2) is 10.8. The standard InChI is InChI=1S/C28H28N6O2S/c1-3-25(35)31-21-12-11-20(16-24(21)36-2)34-27(26(32-28(34)37)22-9-4-5-14-30-22)23-10-7-15-33(23)18-19-8-6-13-29-17-19/h4-17,26-27H,3,18H2,1-2H3,(H,31,35)(H,32,37)/t26-,27-/m1/s1. The van der Waals surface area contributed by atoms with E-state index in [9.17, 15) is 4.79 Å². The number of carbonyl (C=O) groups excluding carboxylic acids is 1. The van der Waals surface area contributed by atoms with Gasteiger partial charge in [0.05, 0.1) is 24.5 Å². The maximum Gasteiger partial charge on any atom is 0.224 e. The Morgan fingerprint density at radius 3 is 2.76 bits per heavy atom. The predicted octanol–water partition coefficient (Wildman–Crippen LogP) is 4.86. The number of nitrogens with one attached hydrogen (secondary N) is 2. The SMILES string of the molecule is CCC(=O)Nc1ccc(N2C(=S)N[C@H](c3ccccn3)[C@H]2c2cccn2Cc2cccnc2)cc1OC. The summed E-state index contributed by atoms with van der Waals surface area (Å²) in [6, 6.07) is 19.4. The highest BCUT2D eigenvalue weighted by atomic mass is 32.1. The highest BCUT2D eigenvalue weighted by Crippen LogP contribution is 2.43. The monoisotopic (exact) mass is 512 g/mol. The molecule has 1 aliphatic heterocycles. The number of methoxy groups -OCH3 is 1. The zero-order valence-corrected chi connectivity index (χ0v) is 21.5. The van der Waals surface area contributed by atoms with Gasteiger partial charge in [-0.3, -0.25) is 14.8 Å². The molecule has 1 amide bonds. The summed E-state index contributed by atoms with van der Waals surface area (Å²) in [7, 11) is 1.59. The van der Waals surface area contributed by atoms with Crippen LogP contribution in [0.5, 0.6) is 5.75 Å². The van der Waals surface area contributed by atoms with Gasteiger partial charge in [0.1, 0.15) is 11.8 Å². The molecule has 0 aliphatic carbocycles. The van der Waals surface area contributed by atoms with Crippen molar-refractivity contribution in [2.24, 2.45) is 0 Å². The van der Waals surface area contributed by atoms with Crippen molar-refractivity contribution >= 4 is 34.6 Å². The van der Waals surface area contributed by atoms with Gasteiger partial charge in [0.2, 0.25) is 5.91 Å². The molecule has 37 heavy (non-hydrogen) atoms. The van der Waals surface area contributed by atoms with Crippen LogP contribution in [0.25, 0.3) is 0 Å². The molecule has 1 saturated heterocycles. The Hall–Kier alpha value is -4.24. The lowest BCUT2D eigenvalue weighted by Gasteiger charge is -2.29. The van der Waals surface area contributed by atoms with Crippen molar-refractivity contribution in [3.63, 3.8) is 0 Å². The second-order valence-corrected chi connectivity index (χ2v) is 9.09. The summed E-state index contributed by atoms with van der Waals surface area (Å²) in [4.78, 5) is 23.0. The minimum Gasteiger partial charge on any atom is -0.494 e. The van der Waals surface area contributed by atoms with Crippen LogP contribution in [0.15, 0.2) is 85.5 Å². The Morgan fingerprint density at radius 2 is 2.03 bits per heavy atom. The summed E-state index contributed by atoms with van der Waals surface area (Å²) in [6.07, 6.45) is 7.90. The number of benzene rings is 1. The van der Waals surface area contributed by atoms with E-state index in [0.29, 0.717) is 29.5 Å². The van der Waals surface area contributed by atoms with Crippen molar-refractivity contribution in [1.29, 1.82) is 0 Å². The fraction of sp³-hybridized carbons (Fsp3) is 0.214. The lowest BCUT2D eigenvalue weighted by molar-refractivity contribution is -0.115.